The molecule has 2 aromatic rings. The van der Waals surface area contributed by atoms with Crippen molar-refractivity contribution in [2.45, 2.75) is 52.0 Å². The molecule has 0 saturated heterocycles. The van der Waals surface area contributed by atoms with Gasteiger partial charge in [0.15, 0.2) is 0 Å². The Morgan fingerprint density at radius 3 is 2.85 bits per heavy atom. The van der Waals surface area contributed by atoms with Crippen molar-refractivity contribution in [1.82, 2.24) is 4.98 Å². The van der Waals surface area contributed by atoms with Crippen LogP contribution in [0.25, 0.3) is 10.8 Å². The highest BCUT2D eigenvalue weighted by Crippen LogP contribution is 2.28. The number of benzene rings is 1. The highest BCUT2D eigenvalue weighted by Gasteiger charge is 2.07. The van der Waals surface area contributed by atoms with Gasteiger partial charge in [-0.25, -0.2) is 0 Å². The highest BCUT2D eigenvalue weighted by molar-refractivity contribution is 5.98. The molecule has 0 spiro atoms. The van der Waals surface area contributed by atoms with Gasteiger partial charge in [-0.3, -0.25) is 4.98 Å². The molecule has 1 aromatic heterocycles. The summed E-state index contributed by atoms with van der Waals surface area (Å²) in [6.07, 6.45) is 10.0. The van der Waals surface area contributed by atoms with Crippen molar-refractivity contribution in [3.63, 3.8) is 0 Å². The fourth-order valence-corrected chi connectivity index (χ4v) is 2.53. The van der Waals surface area contributed by atoms with Crippen LogP contribution in [0, 0.1) is 0 Å². The third-order valence-electron chi connectivity index (χ3n) is 3.75. The zero-order valence-electron chi connectivity index (χ0n) is 12.5. The average Bonchev–Trinajstić information content (AvgIpc) is 2.47. The molecular weight excluding hydrogens is 246 g/mol. The van der Waals surface area contributed by atoms with Crippen LogP contribution < -0.4 is 11.1 Å². The van der Waals surface area contributed by atoms with Crippen LogP contribution in [0.4, 0.5) is 11.4 Å². The molecule has 0 aliphatic heterocycles. The quantitative estimate of drug-likeness (QED) is 0.572. The maximum absolute atomic E-state index is 6.25. The lowest BCUT2D eigenvalue weighted by Gasteiger charge is -2.17. The summed E-state index contributed by atoms with van der Waals surface area (Å²) in [7, 11) is 0. The van der Waals surface area contributed by atoms with Gasteiger partial charge >= 0.3 is 0 Å². The first-order valence-electron chi connectivity index (χ1n) is 7.61. The Kier molecular flexibility index (Phi) is 5.22. The van der Waals surface area contributed by atoms with Crippen molar-refractivity contribution in [1.29, 1.82) is 0 Å². The largest absolute Gasteiger partial charge is 0.397 e. The number of nitrogen functional groups attached to an aromatic ring is 1. The molecule has 2 rings (SSSR count). The number of unbranched alkanes of at least 4 members (excludes halogenated alkanes) is 3. The van der Waals surface area contributed by atoms with E-state index in [1.807, 2.05) is 12.3 Å². The highest BCUT2D eigenvalue weighted by atomic mass is 14.9. The van der Waals surface area contributed by atoms with E-state index in [0.717, 1.165) is 22.1 Å². The van der Waals surface area contributed by atoms with Crippen LogP contribution in [-0.2, 0) is 0 Å². The normalized spacial score (nSPS) is 12.5. The van der Waals surface area contributed by atoms with Gasteiger partial charge in [0, 0.05) is 29.2 Å². The molecule has 20 heavy (non-hydrogen) atoms. The third-order valence-corrected chi connectivity index (χ3v) is 3.75. The van der Waals surface area contributed by atoms with Crippen LogP contribution in [-0.4, -0.2) is 11.0 Å². The van der Waals surface area contributed by atoms with E-state index in [9.17, 15) is 0 Å². The molecule has 3 N–H and O–H groups in total. The number of aromatic nitrogens is 1. The summed E-state index contributed by atoms with van der Waals surface area (Å²) in [5.74, 6) is 0. The summed E-state index contributed by atoms with van der Waals surface area (Å²) in [5, 5.41) is 5.70. The molecule has 0 radical (unpaired) electrons. The van der Waals surface area contributed by atoms with Gasteiger partial charge in [0.05, 0.1) is 11.4 Å². The van der Waals surface area contributed by atoms with Crippen LogP contribution in [0.3, 0.4) is 0 Å². The molecule has 1 heterocycles. The van der Waals surface area contributed by atoms with Crippen LogP contribution in [0.1, 0.15) is 46.0 Å². The molecular formula is C17H25N3. The van der Waals surface area contributed by atoms with E-state index in [2.05, 4.69) is 36.3 Å². The summed E-state index contributed by atoms with van der Waals surface area (Å²) in [6, 6.07) is 6.56. The van der Waals surface area contributed by atoms with Gasteiger partial charge in [0.25, 0.3) is 0 Å². The molecule has 0 saturated carbocycles. The Bertz CT molecular complexity index is 551. The van der Waals surface area contributed by atoms with Gasteiger partial charge in [-0.1, -0.05) is 38.7 Å². The van der Waals surface area contributed by atoms with Gasteiger partial charge in [-0.15, -0.1) is 0 Å². The van der Waals surface area contributed by atoms with Gasteiger partial charge < -0.3 is 11.1 Å². The molecule has 1 aromatic carbocycles. The molecule has 0 aliphatic carbocycles. The van der Waals surface area contributed by atoms with E-state index in [4.69, 9.17) is 5.73 Å². The Hall–Kier alpha value is -1.77. The number of nitrogens with one attached hydrogen (secondary N) is 1. The molecule has 108 valence electrons. The Morgan fingerprint density at radius 2 is 2.05 bits per heavy atom. The van der Waals surface area contributed by atoms with Crippen LogP contribution in [0.2, 0.25) is 0 Å². The minimum Gasteiger partial charge on any atom is -0.397 e. The number of hydrogen-bond donors (Lipinski definition) is 2. The molecule has 3 heteroatoms. The number of nitrogens with zero attached hydrogens (tertiary/aromatic N) is 1. The van der Waals surface area contributed by atoms with Crippen molar-refractivity contribution in [3.8, 4) is 0 Å². The Morgan fingerprint density at radius 1 is 1.20 bits per heavy atom. The maximum Gasteiger partial charge on any atom is 0.0630 e. The molecule has 1 unspecified atom stereocenters. The predicted molar refractivity (Wildman–Crippen MR) is 88.0 cm³/mol. The summed E-state index contributed by atoms with van der Waals surface area (Å²) in [4.78, 5) is 4.13. The number of nitrogens with two attached hydrogens (primary N) is 1. The first kappa shape index (κ1) is 14.6. The van der Waals surface area contributed by atoms with Crippen molar-refractivity contribution in [2.75, 3.05) is 11.1 Å². The van der Waals surface area contributed by atoms with E-state index in [-0.39, 0.29) is 0 Å². The van der Waals surface area contributed by atoms with E-state index in [1.54, 1.807) is 6.20 Å². The number of hydrogen-bond acceptors (Lipinski definition) is 3. The summed E-state index contributed by atoms with van der Waals surface area (Å²) in [5.41, 5.74) is 8.11. The summed E-state index contributed by atoms with van der Waals surface area (Å²) in [6.45, 7) is 4.47. The maximum atomic E-state index is 6.25. The van der Waals surface area contributed by atoms with Gasteiger partial charge in [0.1, 0.15) is 0 Å². The Balaban J connectivity index is 2.00. The zero-order chi connectivity index (χ0) is 14.4. The Labute approximate surface area is 121 Å². The van der Waals surface area contributed by atoms with Crippen molar-refractivity contribution in [2.24, 2.45) is 0 Å². The lowest BCUT2D eigenvalue weighted by Crippen LogP contribution is -2.16. The fourth-order valence-electron chi connectivity index (χ4n) is 2.53. The first-order valence-corrected chi connectivity index (χ1v) is 7.61. The second-order valence-corrected chi connectivity index (χ2v) is 5.52. The van der Waals surface area contributed by atoms with E-state index in [0.29, 0.717) is 6.04 Å². The molecule has 0 aliphatic rings. The molecule has 3 nitrogen and oxygen atoms in total. The minimum atomic E-state index is 0.452. The first-order chi connectivity index (χ1) is 9.72. The lowest BCUT2D eigenvalue weighted by atomic mass is 10.1. The number of fused-ring (bicyclic) bond motifs is 1. The van der Waals surface area contributed by atoms with Gasteiger partial charge in [0.2, 0.25) is 0 Å². The van der Waals surface area contributed by atoms with E-state index < -0.39 is 0 Å². The van der Waals surface area contributed by atoms with E-state index in [1.165, 1.54) is 32.1 Å². The SMILES string of the molecule is CCCCCCC(C)Nc1ccc2cnccc2c1N. The number of anilines is 2. The second-order valence-electron chi connectivity index (χ2n) is 5.52. The van der Waals surface area contributed by atoms with E-state index >= 15 is 0 Å². The lowest BCUT2D eigenvalue weighted by molar-refractivity contribution is 0.594. The van der Waals surface area contributed by atoms with Crippen LogP contribution >= 0.6 is 0 Å². The molecule has 1 atom stereocenters. The summed E-state index contributed by atoms with van der Waals surface area (Å²) < 4.78 is 0. The van der Waals surface area contributed by atoms with Gasteiger partial charge in [-0.2, -0.15) is 0 Å². The smallest absolute Gasteiger partial charge is 0.0630 e. The molecule has 0 amide bonds. The predicted octanol–water partition coefficient (Wildman–Crippen LogP) is 4.59. The van der Waals surface area contributed by atoms with Gasteiger partial charge in [-0.05, 0) is 25.5 Å². The van der Waals surface area contributed by atoms with Crippen molar-refractivity contribution >= 4 is 22.1 Å². The average molecular weight is 271 g/mol. The van der Waals surface area contributed by atoms with Crippen molar-refractivity contribution in [3.05, 3.63) is 30.6 Å². The standard InChI is InChI=1S/C17H25N3/c1-3-4-5-6-7-13(2)20-16-9-8-14-12-19-11-10-15(14)17(16)18/h8-13,20H,3-7,18H2,1-2H3. The number of rotatable bonds is 7. The molecule has 0 fully saturated rings. The summed E-state index contributed by atoms with van der Waals surface area (Å²) >= 11 is 0. The van der Waals surface area contributed by atoms with Crippen LogP contribution in [0.15, 0.2) is 30.6 Å². The monoisotopic (exact) mass is 271 g/mol. The second kappa shape index (κ2) is 7.13. The fraction of sp³-hybridized carbons (Fsp3) is 0.471. The molecule has 0 bridgehead atoms. The topological polar surface area (TPSA) is 50.9 Å². The zero-order valence-corrected chi connectivity index (χ0v) is 12.5. The minimum absolute atomic E-state index is 0.452. The third kappa shape index (κ3) is 3.62. The van der Waals surface area contributed by atoms with Crippen molar-refractivity contribution < 1.29 is 0 Å². The number of pyridine rings is 1. The van der Waals surface area contributed by atoms with Crippen LogP contribution in [0.5, 0.6) is 0 Å².